The molecule has 0 unspecified atom stereocenters. The molecule has 1 rings (SSSR count). The molecule has 0 aliphatic heterocycles. The SMILES string of the molecule is Fc1c(F)c(F)[c]([Ag])c(F)c1F. The Hall–Kier alpha value is -0.390. The summed E-state index contributed by atoms with van der Waals surface area (Å²) >= 11 is 2.24. The summed E-state index contributed by atoms with van der Waals surface area (Å²) in [6.45, 7) is 0. The minimum absolute atomic E-state index is 1.06. The minimum atomic E-state index is -2.16. The van der Waals surface area contributed by atoms with Gasteiger partial charge in [-0.1, -0.05) is 0 Å². The van der Waals surface area contributed by atoms with Crippen LogP contribution in [-0.4, -0.2) is 0 Å². The molecule has 0 atom stereocenters. The van der Waals surface area contributed by atoms with E-state index in [1.54, 1.807) is 0 Å². The Bertz CT molecular complexity index is 230. The number of benzene rings is 1. The summed E-state index contributed by atoms with van der Waals surface area (Å²) in [5.41, 5.74) is 0. The van der Waals surface area contributed by atoms with Crippen LogP contribution in [-0.2, 0) is 21.1 Å². The van der Waals surface area contributed by atoms with Crippen LogP contribution in [0.4, 0.5) is 22.0 Å². The summed E-state index contributed by atoms with van der Waals surface area (Å²) < 4.78 is 60.3. The average Bonchev–Trinajstić information content (AvgIpc) is 2.08. The van der Waals surface area contributed by atoms with Crippen LogP contribution in [0.2, 0.25) is 0 Å². The fourth-order valence-corrected chi connectivity index (χ4v) is 0.887. The van der Waals surface area contributed by atoms with Crippen molar-refractivity contribution >= 4 is 3.78 Å². The maximum atomic E-state index is 12.4. The van der Waals surface area contributed by atoms with Gasteiger partial charge in [0.15, 0.2) is 0 Å². The van der Waals surface area contributed by atoms with Gasteiger partial charge in [-0.15, -0.1) is 0 Å². The normalized spacial score (nSPS) is 10.6. The van der Waals surface area contributed by atoms with Crippen molar-refractivity contribution < 1.29 is 43.0 Å². The van der Waals surface area contributed by atoms with E-state index >= 15 is 0 Å². The zero-order valence-electron chi connectivity index (χ0n) is 5.19. The van der Waals surface area contributed by atoms with Gasteiger partial charge in [-0.2, -0.15) is 0 Å². The predicted octanol–water partition coefficient (Wildman–Crippen LogP) is 1.55. The summed E-state index contributed by atoms with van der Waals surface area (Å²) in [5.74, 6) is -9.82. The van der Waals surface area contributed by atoms with E-state index in [9.17, 15) is 22.0 Å². The molecule has 0 saturated heterocycles. The van der Waals surface area contributed by atoms with Crippen molar-refractivity contribution in [2.75, 3.05) is 0 Å². The van der Waals surface area contributed by atoms with Crippen molar-refractivity contribution in [2.24, 2.45) is 0 Å². The van der Waals surface area contributed by atoms with Gasteiger partial charge in [-0.3, -0.25) is 0 Å². The monoisotopic (exact) mass is 274 g/mol. The first-order valence-corrected chi connectivity index (χ1v) is 3.34. The number of rotatable bonds is 0. The van der Waals surface area contributed by atoms with Gasteiger partial charge in [0.1, 0.15) is 0 Å². The topological polar surface area (TPSA) is 0 Å². The molecule has 0 saturated carbocycles. The first-order chi connectivity index (χ1) is 5.46. The Morgan fingerprint density at radius 1 is 0.583 bits per heavy atom. The molecule has 0 heterocycles. The van der Waals surface area contributed by atoms with Crippen LogP contribution in [0.1, 0.15) is 0 Å². The molecule has 0 N–H and O–H groups in total. The van der Waals surface area contributed by atoms with Crippen molar-refractivity contribution in [1.29, 1.82) is 0 Å². The summed E-state index contributed by atoms with van der Waals surface area (Å²) in [5, 5.41) is 0. The van der Waals surface area contributed by atoms with Gasteiger partial charge in [0, 0.05) is 0 Å². The summed E-state index contributed by atoms with van der Waals surface area (Å²) in [6, 6.07) is 0. The second-order valence-corrected chi connectivity index (χ2v) is 2.59. The van der Waals surface area contributed by atoms with Crippen LogP contribution >= 0.6 is 0 Å². The van der Waals surface area contributed by atoms with Gasteiger partial charge in [0.25, 0.3) is 0 Å². The van der Waals surface area contributed by atoms with Crippen molar-refractivity contribution in [3.63, 3.8) is 0 Å². The molecular weight excluding hydrogens is 275 g/mol. The molecule has 6 heteroatoms. The maximum absolute atomic E-state index is 12.4. The van der Waals surface area contributed by atoms with Crippen LogP contribution in [0.15, 0.2) is 0 Å². The molecule has 0 amide bonds. The Balaban J connectivity index is 3.60. The molecule has 12 heavy (non-hydrogen) atoms. The Kier molecular flexibility index (Phi) is 2.55. The molecule has 0 aliphatic carbocycles. The third-order valence-electron chi connectivity index (χ3n) is 1.12. The molecule has 0 bridgehead atoms. The third kappa shape index (κ3) is 1.28. The average molecular weight is 275 g/mol. The van der Waals surface area contributed by atoms with E-state index in [1.165, 1.54) is 0 Å². The molecule has 1 aromatic carbocycles. The predicted molar refractivity (Wildman–Crippen MR) is 25.9 cm³/mol. The number of hydrogen-bond acceptors (Lipinski definition) is 0. The molecule has 0 nitrogen and oxygen atoms in total. The molecule has 0 aromatic heterocycles. The van der Waals surface area contributed by atoms with Gasteiger partial charge in [0.05, 0.1) is 0 Å². The zero-order valence-corrected chi connectivity index (χ0v) is 6.67. The number of halogens is 5. The molecular formula is C6AgF5. The van der Waals surface area contributed by atoms with Gasteiger partial charge in [-0.25, -0.2) is 0 Å². The first kappa shape index (κ1) is 9.70. The third-order valence-corrected chi connectivity index (χ3v) is 1.77. The molecule has 0 aliphatic rings. The quantitative estimate of drug-likeness (QED) is 0.292. The Morgan fingerprint density at radius 3 is 1.17 bits per heavy atom. The van der Waals surface area contributed by atoms with Gasteiger partial charge < -0.3 is 0 Å². The molecule has 1 aromatic rings. The van der Waals surface area contributed by atoms with Crippen LogP contribution < -0.4 is 3.78 Å². The fourth-order valence-electron chi connectivity index (χ4n) is 0.561. The standard InChI is InChI=1S/C6F5.Ag/c7-2-1-3(8)5(10)6(11)4(2)9;. The molecule has 0 radical (unpaired) electrons. The van der Waals surface area contributed by atoms with Crippen molar-refractivity contribution in [3.05, 3.63) is 29.1 Å². The van der Waals surface area contributed by atoms with Crippen LogP contribution in [0.25, 0.3) is 0 Å². The van der Waals surface area contributed by atoms with Crippen LogP contribution in [0.5, 0.6) is 0 Å². The second-order valence-electron chi connectivity index (χ2n) is 1.85. The van der Waals surface area contributed by atoms with E-state index in [2.05, 4.69) is 21.1 Å². The Morgan fingerprint density at radius 2 is 0.833 bits per heavy atom. The van der Waals surface area contributed by atoms with Gasteiger partial charge in [-0.05, 0) is 0 Å². The van der Waals surface area contributed by atoms with Gasteiger partial charge in [0.2, 0.25) is 0 Å². The van der Waals surface area contributed by atoms with E-state index < -0.39 is 32.9 Å². The number of hydrogen-bond donors (Lipinski definition) is 0. The zero-order chi connectivity index (χ0) is 9.46. The van der Waals surface area contributed by atoms with Crippen molar-refractivity contribution in [1.82, 2.24) is 0 Å². The molecule has 70 valence electrons. The summed E-state index contributed by atoms with van der Waals surface area (Å²) in [7, 11) is 0. The van der Waals surface area contributed by atoms with Crippen LogP contribution in [0, 0.1) is 29.1 Å². The summed E-state index contributed by atoms with van der Waals surface area (Å²) in [4.78, 5) is 0. The van der Waals surface area contributed by atoms with E-state index in [-0.39, 0.29) is 0 Å². The van der Waals surface area contributed by atoms with E-state index in [0.29, 0.717) is 0 Å². The van der Waals surface area contributed by atoms with Crippen molar-refractivity contribution in [3.8, 4) is 0 Å². The van der Waals surface area contributed by atoms with E-state index in [0.717, 1.165) is 0 Å². The second kappa shape index (κ2) is 3.16. The van der Waals surface area contributed by atoms with Crippen molar-refractivity contribution in [2.45, 2.75) is 0 Å². The summed E-state index contributed by atoms with van der Waals surface area (Å²) in [6.07, 6.45) is 0. The van der Waals surface area contributed by atoms with E-state index in [1.807, 2.05) is 0 Å². The molecule has 0 fully saturated rings. The fraction of sp³-hybridized carbons (Fsp3) is 0. The van der Waals surface area contributed by atoms with Crippen LogP contribution in [0.3, 0.4) is 0 Å². The first-order valence-electron chi connectivity index (χ1n) is 2.60. The van der Waals surface area contributed by atoms with Gasteiger partial charge >= 0.3 is 75.9 Å². The Labute approximate surface area is 76.3 Å². The molecule has 0 spiro atoms. The van der Waals surface area contributed by atoms with E-state index in [4.69, 9.17) is 0 Å².